The molecule has 3 heteroatoms. The van der Waals surface area contributed by atoms with Crippen LogP contribution in [-0.4, -0.2) is 24.5 Å². The molecule has 0 bridgehead atoms. The van der Waals surface area contributed by atoms with Crippen molar-refractivity contribution in [2.45, 2.75) is 71.9 Å². The number of nitrogens with one attached hydrogen (secondary N) is 2. The Morgan fingerprint density at radius 2 is 2.18 bits per heavy atom. The van der Waals surface area contributed by atoms with Crippen LogP contribution in [0.5, 0.6) is 0 Å². The Morgan fingerprint density at radius 1 is 1.47 bits per heavy atom. The number of hydrogen-bond donors (Lipinski definition) is 2. The summed E-state index contributed by atoms with van der Waals surface area (Å²) in [5, 5.41) is 6.46. The number of hydrogen-bond acceptors (Lipinski definition) is 2. The monoisotopic (exact) mass is 240 g/mol. The molecule has 0 aromatic carbocycles. The largest absolute Gasteiger partial charge is 0.354 e. The van der Waals surface area contributed by atoms with Gasteiger partial charge in [0.05, 0.1) is 0 Å². The third-order valence-electron chi connectivity index (χ3n) is 3.33. The number of carbonyl (C=O) groups excluding carboxylic acids is 1. The minimum Gasteiger partial charge on any atom is -0.354 e. The molecular formula is C14H28N2O. The van der Waals surface area contributed by atoms with Gasteiger partial charge in [-0.05, 0) is 44.6 Å². The van der Waals surface area contributed by atoms with Crippen molar-refractivity contribution in [1.82, 2.24) is 10.6 Å². The van der Waals surface area contributed by atoms with E-state index in [1.54, 1.807) is 0 Å². The minimum absolute atomic E-state index is 0.200. The summed E-state index contributed by atoms with van der Waals surface area (Å²) < 4.78 is 0. The first kappa shape index (κ1) is 14.5. The number of amides is 1. The first-order valence-electron chi connectivity index (χ1n) is 6.89. The van der Waals surface area contributed by atoms with E-state index in [-0.39, 0.29) is 5.91 Å². The van der Waals surface area contributed by atoms with E-state index in [9.17, 15) is 4.79 Å². The maximum absolute atomic E-state index is 11.8. The molecule has 100 valence electrons. The Hall–Kier alpha value is -0.570. The molecule has 2 unspecified atom stereocenters. The molecule has 3 nitrogen and oxygen atoms in total. The quantitative estimate of drug-likeness (QED) is 0.775. The molecule has 1 saturated heterocycles. The Bertz CT molecular complexity index is 239. The van der Waals surface area contributed by atoms with Crippen LogP contribution < -0.4 is 10.6 Å². The minimum atomic E-state index is 0.200. The van der Waals surface area contributed by atoms with Gasteiger partial charge in [0, 0.05) is 18.5 Å². The average molecular weight is 240 g/mol. The van der Waals surface area contributed by atoms with Crippen LogP contribution in [0.2, 0.25) is 0 Å². The van der Waals surface area contributed by atoms with E-state index >= 15 is 0 Å². The lowest BCUT2D eigenvalue weighted by Gasteiger charge is -2.22. The number of rotatable bonds is 5. The zero-order valence-corrected chi connectivity index (χ0v) is 11.8. The summed E-state index contributed by atoms with van der Waals surface area (Å²) in [6, 6.07) is 0.702. The molecule has 1 rings (SSSR count). The Kier molecular flexibility index (Phi) is 5.44. The molecule has 0 aromatic heterocycles. The van der Waals surface area contributed by atoms with Crippen molar-refractivity contribution in [1.29, 1.82) is 0 Å². The second-order valence-electron chi connectivity index (χ2n) is 6.57. The fourth-order valence-corrected chi connectivity index (χ4v) is 2.21. The van der Waals surface area contributed by atoms with Gasteiger partial charge in [0.25, 0.3) is 0 Å². The van der Waals surface area contributed by atoms with Gasteiger partial charge in [-0.3, -0.25) is 4.79 Å². The van der Waals surface area contributed by atoms with Gasteiger partial charge in [0.2, 0.25) is 5.91 Å². The highest BCUT2D eigenvalue weighted by Crippen LogP contribution is 2.21. The SMILES string of the molecule is CC(CCC(C)(C)C)NC(=O)CC1CCCN1. The summed E-state index contributed by atoms with van der Waals surface area (Å²) >= 11 is 0. The molecule has 1 aliphatic rings. The van der Waals surface area contributed by atoms with Gasteiger partial charge in [-0.2, -0.15) is 0 Å². The molecule has 1 amide bonds. The van der Waals surface area contributed by atoms with Crippen molar-refractivity contribution >= 4 is 5.91 Å². The maximum atomic E-state index is 11.8. The van der Waals surface area contributed by atoms with Crippen LogP contribution in [0.1, 0.15) is 59.8 Å². The molecule has 1 aliphatic heterocycles. The molecule has 0 saturated carbocycles. The maximum Gasteiger partial charge on any atom is 0.221 e. The zero-order chi connectivity index (χ0) is 12.9. The third kappa shape index (κ3) is 6.67. The highest BCUT2D eigenvalue weighted by atomic mass is 16.1. The van der Waals surface area contributed by atoms with E-state index in [4.69, 9.17) is 0 Å². The van der Waals surface area contributed by atoms with E-state index in [0.29, 0.717) is 23.9 Å². The molecule has 1 fully saturated rings. The first-order chi connectivity index (χ1) is 7.87. The predicted molar refractivity (Wildman–Crippen MR) is 71.9 cm³/mol. The molecule has 1 heterocycles. The Labute approximate surface area is 106 Å². The average Bonchev–Trinajstić information content (AvgIpc) is 2.66. The van der Waals surface area contributed by atoms with Gasteiger partial charge in [0.1, 0.15) is 0 Å². The topological polar surface area (TPSA) is 41.1 Å². The van der Waals surface area contributed by atoms with Crippen LogP contribution >= 0.6 is 0 Å². The van der Waals surface area contributed by atoms with E-state index in [2.05, 4.69) is 38.3 Å². The molecule has 0 radical (unpaired) electrons. The molecule has 17 heavy (non-hydrogen) atoms. The standard InChI is InChI=1S/C14H28N2O/c1-11(7-8-14(2,3)4)16-13(17)10-12-6-5-9-15-12/h11-12,15H,5-10H2,1-4H3,(H,16,17). The third-order valence-corrected chi connectivity index (χ3v) is 3.33. The molecule has 0 aromatic rings. The lowest BCUT2D eigenvalue weighted by Crippen LogP contribution is -2.37. The van der Waals surface area contributed by atoms with Crippen LogP contribution in [-0.2, 0) is 4.79 Å². The predicted octanol–water partition coefficient (Wildman–Crippen LogP) is 2.46. The van der Waals surface area contributed by atoms with E-state index in [0.717, 1.165) is 25.8 Å². The highest BCUT2D eigenvalue weighted by Gasteiger charge is 2.19. The summed E-state index contributed by atoms with van der Waals surface area (Å²) in [6.45, 7) is 9.89. The molecule has 0 aliphatic carbocycles. The summed E-state index contributed by atoms with van der Waals surface area (Å²) in [4.78, 5) is 11.8. The van der Waals surface area contributed by atoms with Crippen LogP contribution in [0, 0.1) is 5.41 Å². The smallest absolute Gasteiger partial charge is 0.221 e. The van der Waals surface area contributed by atoms with Crippen molar-refractivity contribution in [3.8, 4) is 0 Å². The zero-order valence-electron chi connectivity index (χ0n) is 11.8. The van der Waals surface area contributed by atoms with Crippen molar-refractivity contribution in [2.24, 2.45) is 5.41 Å². The molecule has 2 atom stereocenters. The second-order valence-corrected chi connectivity index (χ2v) is 6.57. The van der Waals surface area contributed by atoms with Gasteiger partial charge >= 0.3 is 0 Å². The van der Waals surface area contributed by atoms with Crippen LogP contribution in [0.25, 0.3) is 0 Å². The first-order valence-corrected chi connectivity index (χ1v) is 6.89. The van der Waals surface area contributed by atoms with Crippen molar-refractivity contribution in [2.75, 3.05) is 6.54 Å². The number of carbonyl (C=O) groups is 1. The fourth-order valence-electron chi connectivity index (χ4n) is 2.21. The van der Waals surface area contributed by atoms with Crippen LogP contribution in [0.15, 0.2) is 0 Å². The van der Waals surface area contributed by atoms with E-state index in [1.165, 1.54) is 6.42 Å². The second kappa shape index (κ2) is 6.39. The summed E-state index contributed by atoms with van der Waals surface area (Å²) in [5.41, 5.74) is 0.353. The van der Waals surface area contributed by atoms with Crippen molar-refractivity contribution in [3.05, 3.63) is 0 Å². The van der Waals surface area contributed by atoms with E-state index < -0.39 is 0 Å². The lowest BCUT2D eigenvalue weighted by atomic mass is 9.89. The van der Waals surface area contributed by atoms with Gasteiger partial charge in [-0.15, -0.1) is 0 Å². The molecule has 0 spiro atoms. The summed E-state index contributed by atoms with van der Waals surface area (Å²) in [6.07, 6.45) is 5.20. The molecule has 2 N–H and O–H groups in total. The fraction of sp³-hybridized carbons (Fsp3) is 0.929. The Morgan fingerprint density at radius 3 is 2.71 bits per heavy atom. The highest BCUT2D eigenvalue weighted by molar-refractivity contribution is 5.76. The van der Waals surface area contributed by atoms with Gasteiger partial charge in [-0.25, -0.2) is 0 Å². The molecular weight excluding hydrogens is 212 g/mol. The lowest BCUT2D eigenvalue weighted by molar-refractivity contribution is -0.122. The van der Waals surface area contributed by atoms with Crippen LogP contribution in [0.3, 0.4) is 0 Å². The summed E-state index contributed by atoms with van der Waals surface area (Å²) in [5.74, 6) is 0.200. The Balaban J connectivity index is 2.16. The van der Waals surface area contributed by atoms with E-state index in [1.807, 2.05) is 0 Å². The van der Waals surface area contributed by atoms with Gasteiger partial charge in [0.15, 0.2) is 0 Å². The van der Waals surface area contributed by atoms with Crippen molar-refractivity contribution < 1.29 is 4.79 Å². The van der Waals surface area contributed by atoms with Gasteiger partial charge < -0.3 is 10.6 Å². The normalized spacial score (nSPS) is 22.5. The van der Waals surface area contributed by atoms with Gasteiger partial charge in [-0.1, -0.05) is 20.8 Å². The van der Waals surface area contributed by atoms with Crippen molar-refractivity contribution in [3.63, 3.8) is 0 Å². The van der Waals surface area contributed by atoms with Crippen LogP contribution in [0.4, 0.5) is 0 Å². The summed E-state index contributed by atoms with van der Waals surface area (Å²) in [7, 11) is 0.